The van der Waals surface area contributed by atoms with Crippen LogP contribution in [0.5, 0.6) is 11.5 Å². The monoisotopic (exact) mass is 412 g/mol. The van der Waals surface area contributed by atoms with E-state index in [4.69, 9.17) is 9.47 Å². The van der Waals surface area contributed by atoms with E-state index in [1.807, 2.05) is 58.9 Å². The Morgan fingerprint density at radius 3 is 2.33 bits per heavy atom. The maximum atomic E-state index is 13.0. The van der Waals surface area contributed by atoms with Gasteiger partial charge in [0.1, 0.15) is 17.5 Å². The molecular formula is C24H32N2O4. The van der Waals surface area contributed by atoms with Crippen molar-refractivity contribution in [1.82, 2.24) is 10.6 Å². The number of rotatable bonds is 9. The van der Waals surface area contributed by atoms with Crippen LogP contribution in [-0.4, -0.2) is 31.6 Å². The number of amides is 2. The first-order chi connectivity index (χ1) is 14.3. The van der Waals surface area contributed by atoms with Gasteiger partial charge in [-0.3, -0.25) is 9.59 Å². The van der Waals surface area contributed by atoms with Crippen molar-refractivity contribution in [3.05, 3.63) is 59.2 Å². The van der Waals surface area contributed by atoms with Crippen molar-refractivity contribution < 1.29 is 19.1 Å². The molecule has 0 bridgehead atoms. The highest BCUT2D eigenvalue weighted by Gasteiger charge is 2.27. The number of benzene rings is 2. The molecule has 0 radical (unpaired) electrons. The van der Waals surface area contributed by atoms with Crippen LogP contribution in [0.25, 0.3) is 0 Å². The lowest BCUT2D eigenvalue weighted by Gasteiger charge is -2.25. The first-order valence-corrected chi connectivity index (χ1v) is 10.3. The van der Waals surface area contributed by atoms with Crippen LogP contribution < -0.4 is 20.1 Å². The molecule has 0 aliphatic rings. The van der Waals surface area contributed by atoms with Crippen LogP contribution in [0.15, 0.2) is 42.5 Å². The summed E-state index contributed by atoms with van der Waals surface area (Å²) in [6, 6.07) is 11.9. The molecule has 2 N–H and O–H groups in total. The van der Waals surface area contributed by atoms with Crippen LogP contribution in [0, 0.1) is 12.8 Å². The maximum Gasteiger partial charge on any atom is 0.255 e. The van der Waals surface area contributed by atoms with Crippen LogP contribution in [0.3, 0.4) is 0 Å². The third-order valence-corrected chi connectivity index (χ3v) is 4.88. The standard InChI is InChI=1S/C24H32N2O4/c1-7-30-21-11-9-8-10-18(21)23(27)26-22(15(2)3)24(28)25-17(5)19-14-16(4)12-13-20(19)29-6/h8-15,17,22H,7H2,1-6H3,(H,25,28)(H,26,27)/t17?,22-/m0/s1. The molecule has 2 amide bonds. The summed E-state index contributed by atoms with van der Waals surface area (Å²) in [6.45, 7) is 10.0. The summed E-state index contributed by atoms with van der Waals surface area (Å²) < 4.78 is 11.0. The van der Waals surface area contributed by atoms with Gasteiger partial charge in [0.25, 0.3) is 5.91 Å². The molecule has 162 valence electrons. The van der Waals surface area contributed by atoms with Gasteiger partial charge in [0, 0.05) is 5.56 Å². The summed E-state index contributed by atoms with van der Waals surface area (Å²) in [5, 5.41) is 5.88. The van der Waals surface area contributed by atoms with Crippen LogP contribution in [0.4, 0.5) is 0 Å². The van der Waals surface area contributed by atoms with E-state index < -0.39 is 6.04 Å². The van der Waals surface area contributed by atoms with Crippen molar-refractivity contribution in [3.63, 3.8) is 0 Å². The highest BCUT2D eigenvalue weighted by atomic mass is 16.5. The van der Waals surface area contributed by atoms with E-state index in [0.29, 0.717) is 23.7 Å². The minimum absolute atomic E-state index is 0.0974. The molecule has 0 aliphatic heterocycles. The molecule has 6 heteroatoms. The molecule has 0 spiro atoms. The molecule has 1 unspecified atom stereocenters. The Morgan fingerprint density at radius 2 is 1.70 bits per heavy atom. The number of hydrogen-bond acceptors (Lipinski definition) is 4. The Labute approximate surface area is 179 Å². The fourth-order valence-corrected chi connectivity index (χ4v) is 3.26. The normalized spacial score (nSPS) is 12.8. The summed E-state index contributed by atoms with van der Waals surface area (Å²) in [5.41, 5.74) is 2.38. The number of aryl methyl sites for hydroxylation is 1. The molecule has 0 heterocycles. The first kappa shape index (κ1) is 23.3. The average molecular weight is 413 g/mol. The molecule has 0 saturated carbocycles. The molecule has 2 aromatic rings. The van der Waals surface area contributed by atoms with Crippen LogP contribution in [-0.2, 0) is 4.79 Å². The summed E-state index contributed by atoms with van der Waals surface area (Å²) in [6.07, 6.45) is 0. The average Bonchev–Trinajstić information content (AvgIpc) is 2.72. The largest absolute Gasteiger partial charge is 0.496 e. The van der Waals surface area contributed by atoms with Crippen molar-refractivity contribution in [3.8, 4) is 11.5 Å². The maximum absolute atomic E-state index is 13.0. The molecule has 6 nitrogen and oxygen atoms in total. The Balaban J connectivity index is 2.17. The predicted molar refractivity (Wildman–Crippen MR) is 118 cm³/mol. The minimum Gasteiger partial charge on any atom is -0.496 e. The van der Waals surface area contributed by atoms with Gasteiger partial charge in [-0.25, -0.2) is 0 Å². The molecule has 0 aromatic heterocycles. The Morgan fingerprint density at radius 1 is 1.00 bits per heavy atom. The summed E-state index contributed by atoms with van der Waals surface area (Å²) in [5.74, 6) is 0.527. The van der Waals surface area contributed by atoms with Gasteiger partial charge in [-0.2, -0.15) is 0 Å². The number of carbonyl (C=O) groups excluding carboxylic acids is 2. The Kier molecular flexibility index (Phi) is 8.27. The lowest BCUT2D eigenvalue weighted by molar-refractivity contribution is -0.124. The first-order valence-electron chi connectivity index (χ1n) is 10.3. The molecule has 2 rings (SSSR count). The van der Waals surface area contributed by atoms with Crippen molar-refractivity contribution in [1.29, 1.82) is 0 Å². The molecular weight excluding hydrogens is 380 g/mol. The molecule has 0 fully saturated rings. The van der Waals surface area contributed by atoms with Crippen LogP contribution >= 0.6 is 0 Å². The third-order valence-electron chi connectivity index (χ3n) is 4.88. The molecule has 2 atom stereocenters. The van der Waals surface area contributed by atoms with E-state index in [-0.39, 0.29) is 23.8 Å². The molecule has 0 aliphatic carbocycles. The van der Waals surface area contributed by atoms with Crippen LogP contribution in [0.2, 0.25) is 0 Å². The van der Waals surface area contributed by atoms with Crippen molar-refractivity contribution in [2.75, 3.05) is 13.7 Å². The lowest BCUT2D eigenvalue weighted by Crippen LogP contribution is -2.50. The van der Waals surface area contributed by atoms with E-state index in [1.54, 1.807) is 25.3 Å². The van der Waals surface area contributed by atoms with E-state index in [2.05, 4.69) is 10.6 Å². The smallest absolute Gasteiger partial charge is 0.255 e. The zero-order chi connectivity index (χ0) is 22.3. The molecule has 30 heavy (non-hydrogen) atoms. The highest BCUT2D eigenvalue weighted by molar-refractivity contribution is 5.99. The van der Waals surface area contributed by atoms with Gasteiger partial charge >= 0.3 is 0 Å². The number of nitrogens with one attached hydrogen (secondary N) is 2. The molecule has 2 aromatic carbocycles. The van der Waals surface area contributed by atoms with Crippen molar-refractivity contribution >= 4 is 11.8 Å². The van der Waals surface area contributed by atoms with Crippen molar-refractivity contribution in [2.45, 2.75) is 46.7 Å². The zero-order valence-corrected chi connectivity index (χ0v) is 18.6. The number of ether oxygens (including phenoxy) is 2. The summed E-state index contributed by atoms with van der Waals surface area (Å²) in [4.78, 5) is 25.9. The van der Waals surface area contributed by atoms with Gasteiger partial charge in [0.15, 0.2) is 0 Å². The van der Waals surface area contributed by atoms with Gasteiger partial charge in [0.05, 0.1) is 25.3 Å². The van der Waals surface area contributed by atoms with E-state index in [9.17, 15) is 9.59 Å². The second-order valence-corrected chi connectivity index (χ2v) is 7.60. The SMILES string of the molecule is CCOc1ccccc1C(=O)N[C@H](C(=O)NC(C)c1cc(C)ccc1OC)C(C)C. The van der Waals surface area contributed by atoms with Gasteiger partial charge in [0.2, 0.25) is 5.91 Å². The summed E-state index contributed by atoms with van der Waals surface area (Å²) >= 11 is 0. The van der Waals surface area contributed by atoms with Crippen molar-refractivity contribution in [2.24, 2.45) is 5.92 Å². The molecule has 0 saturated heterocycles. The topological polar surface area (TPSA) is 76.7 Å². The van der Waals surface area contributed by atoms with Gasteiger partial charge < -0.3 is 20.1 Å². The Bertz CT molecular complexity index is 879. The number of carbonyl (C=O) groups is 2. The summed E-state index contributed by atoms with van der Waals surface area (Å²) in [7, 11) is 1.61. The number of hydrogen-bond donors (Lipinski definition) is 2. The quantitative estimate of drug-likeness (QED) is 0.652. The number of para-hydroxylation sites is 1. The van der Waals surface area contributed by atoms with E-state index >= 15 is 0 Å². The van der Waals surface area contributed by atoms with Gasteiger partial charge in [-0.15, -0.1) is 0 Å². The fraction of sp³-hybridized carbons (Fsp3) is 0.417. The fourth-order valence-electron chi connectivity index (χ4n) is 3.26. The predicted octanol–water partition coefficient (Wildman–Crippen LogP) is 4.03. The number of methoxy groups -OCH3 is 1. The Hall–Kier alpha value is -3.02. The van der Waals surface area contributed by atoms with Gasteiger partial charge in [-0.1, -0.05) is 43.7 Å². The second kappa shape index (κ2) is 10.7. The van der Waals surface area contributed by atoms with E-state index in [1.165, 1.54) is 0 Å². The minimum atomic E-state index is -0.689. The highest BCUT2D eigenvalue weighted by Crippen LogP contribution is 2.26. The van der Waals surface area contributed by atoms with Crippen LogP contribution in [0.1, 0.15) is 55.2 Å². The van der Waals surface area contributed by atoms with E-state index in [0.717, 1.165) is 11.1 Å². The lowest BCUT2D eigenvalue weighted by atomic mass is 10.00. The third kappa shape index (κ3) is 5.75. The zero-order valence-electron chi connectivity index (χ0n) is 18.6. The van der Waals surface area contributed by atoms with Gasteiger partial charge in [-0.05, 0) is 44.9 Å². The second-order valence-electron chi connectivity index (χ2n) is 7.60.